The Bertz CT molecular complexity index is 2040. The van der Waals surface area contributed by atoms with Crippen LogP contribution in [0.2, 0.25) is 0 Å². The largest absolute Gasteiger partial charge is 0.569 e. The molecule has 0 radical (unpaired) electrons. The van der Waals surface area contributed by atoms with Gasteiger partial charge >= 0.3 is 12.3 Å². The Hall–Kier alpha value is -5.98. The summed E-state index contributed by atoms with van der Waals surface area (Å²) in [6.07, 6.45) is -6.97. The molecule has 2 aliphatic rings. The average Bonchev–Trinajstić information content (AvgIpc) is 3.59. The fraction of sp³-hybridized carbons (Fsp3) is 0.200. The molecule has 0 atom stereocenters. The number of aromatic nitrogens is 2. The van der Waals surface area contributed by atoms with Gasteiger partial charge in [0.2, 0.25) is 12.0 Å². The number of carbonyl (C=O) groups excluding carboxylic acids is 3. The normalized spacial score (nSPS) is 15.2. The van der Waals surface area contributed by atoms with Gasteiger partial charge in [0.25, 0.3) is 21.8 Å². The van der Waals surface area contributed by atoms with Crippen LogP contribution in [0.1, 0.15) is 32.0 Å². The molecular formula is C30H24F3N7O8S. The van der Waals surface area contributed by atoms with Crippen LogP contribution in [0.25, 0.3) is 16.9 Å². The second-order valence-electron chi connectivity index (χ2n) is 10.9. The Morgan fingerprint density at radius 3 is 2.22 bits per heavy atom. The van der Waals surface area contributed by atoms with E-state index in [9.17, 15) is 41.2 Å². The number of rotatable bonds is 9. The average molecular weight is 700 g/mol. The highest BCUT2D eigenvalue weighted by atomic mass is 32.2. The third kappa shape index (κ3) is 6.73. The van der Waals surface area contributed by atoms with E-state index < -0.39 is 52.6 Å². The predicted octanol–water partition coefficient (Wildman–Crippen LogP) is 4.03. The van der Waals surface area contributed by atoms with Gasteiger partial charge in [0.15, 0.2) is 5.69 Å². The fourth-order valence-electron chi connectivity index (χ4n) is 4.93. The van der Waals surface area contributed by atoms with Crippen molar-refractivity contribution < 1.29 is 50.5 Å². The first-order chi connectivity index (χ1) is 23.2. The van der Waals surface area contributed by atoms with Crippen LogP contribution < -0.4 is 4.72 Å². The summed E-state index contributed by atoms with van der Waals surface area (Å²) in [6, 6.07) is 18.4. The van der Waals surface area contributed by atoms with E-state index >= 15 is 0 Å². The Morgan fingerprint density at radius 2 is 1.63 bits per heavy atom. The second kappa shape index (κ2) is 12.6. The lowest BCUT2D eigenvalue weighted by Gasteiger charge is -2.33. The van der Waals surface area contributed by atoms with E-state index in [0.29, 0.717) is 5.56 Å². The molecule has 0 bridgehead atoms. The maximum absolute atomic E-state index is 13.5. The molecule has 1 aromatic heterocycles. The zero-order valence-corrected chi connectivity index (χ0v) is 26.0. The first kappa shape index (κ1) is 32.9. The van der Waals surface area contributed by atoms with E-state index in [1.54, 1.807) is 41.1 Å². The van der Waals surface area contributed by atoms with Gasteiger partial charge in [-0.15, -0.1) is 5.01 Å². The molecule has 3 heterocycles. The lowest BCUT2D eigenvalue weighted by atomic mass is 10.1. The molecule has 4 aromatic rings. The van der Waals surface area contributed by atoms with E-state index in [4.69, 9.17) is 9.57 Å². The van der Waals surface area contributed by atoms with Crippen LogP contribution in [0.3, 0.4) is 0 Å². The topological polar surface area (TPSA) is 179 Å². The SMILES string of the molecule is Cc1ccc(-c2cc(C(F)(F)F)nn2-c2ccc(S(=O)(=O)NC(=O)OC3CN([N+]([O-])=NOCN4C(=O)c5ccccc5C4=O)C3)cc2)cc1. The van der Waals surface area contributed by atoms with Gasteiger partial charge in [0.1, 0.15) is 19.2 Å². The minimum absolute atomic E-state index is 0.0236. The quantitative estimate of drug-likeness (QED) is 0.116. The summed E-state index contributed by atoms with van der Waals surface area (Å²) in [7, 11) is -4.47. The highest BCUT2D eigenvalue weighted by Crippen LogP contribution is 2.33. The van der Waals surface area contributed by atoms with Gasteiger partial charge in [-0.3, -0.25) is 9.59 Å². The van der Waals surface area contributed by atoms with Gasteiger partial charge < -0.3 is 14.8 Å². The standard InChI is InChI=1S/C30H24F3N7O8S/c1-18-6-8-19(9-7-18)25-14-26(30(31,32)33)34-39(25)20-10-12-22(13-11-20)49(45,46)35-29(43)48-21-15-37(16-21)40(44)36-47-17-38-27(41)23-4-2-3-5-24(23)28(38)42/h2-14,21H,15-17H2,1H3,(H,35,43). The number of hydrogen-bond donors (Lipinski definition) is 1. The van der Waals surface area contributed by atoms with Crippen molar-refractivity contribution in [2.45, 2.75) is 24.1 Å². The van der Waals surface area contributed by atoms with E-state index in [-0.39, 0.29) is 45.5 Å². The third-order valence-electron chi connectivity index (χ3n) is 7.49. The fourth-order valence-corrected chi connectivity index (χ4v) is 5.81. The maximum Gasteiger partial charge on any atom is 0.435 e. The number of aryl methyl sites for hydroxylation is 1. The zero-order chi connectivity index (χ0) is 35.1. The summed E-state index contributed by atoms with van der Waals surface area (Å²) in [6.45, 7) is 0.842. The lowest BCUT2D eigenvalue weighted by molar-refractivity contribution is -0.726. The van der Waals surface area contributed by atoms with Gasteiger partial charge in [0, 0.05) is 5.56 Å². The van der Waals surface area contributed by atoms with Crippen molar-refractivity contribution in [1.29, 1.82) is 0 Å². The Labute approximate surface area is 275 Å². The maximum atomic E-state index is 13.5. The van der Waals surface area contributed by atoms with Crippen LogP contribution in [0.4, 0.5) is 18.0 Å². The molecule has 15 nitrogen and oxygen atoms in total. The van der Waals surface area contributed by atoms with Crippen molar-refractivity contribution in [1.82, 2.24) is 24.4 Å². The molecule has 0 aliphatic carbocycles. The number of alkyl halides is 3. The summed E-state index contributed by atoms with van der Waals surface area (Å²) in [5, 5.41) is 20.1. The molecule has 6 rings (SSSR count). The predicted molar refractivity (Wildman–Crippen MR) is 160 cm³/mol. The molecule has 49 heavy (non-hydrogen) atoms. The number of ether oxygens (including phenoxy) is 1. The second-order valence-corrected chi connectivity index (χ2v) is 12.5. The van der Waals surface area contributed by atoms with Crippen molar-refractivity contribution in [3.05, 3.63) is 106 Å². The molecule has 0 saturated carbocycles. The van der Waals surface area contributed by atoms with E-state index in [0.717, 1.165) is 38.4 Å². The molecule has 19 heteroatoms. The summed E-state index contributed by atoms with van der Waals surface area (Å²) < 4.78 is 74.0. The van der Waals surface area contributed by atoms with Gasteiger partial charge in [-0.05, 0) is 49.4 Å². The van der Waals surface area contributed by atoms with E-state index in [1.165, 1.54) is 24.3 Å². The number of amides is 3. The summed E-state index contributed by atoms with van der Waals surface area (Å²) >= 11 is 0. The Kier molecular flexibility index (Phi) is 8.45. The number of sulfonamides is 1. The van der Waals surface area contributed by atoms with Crippen molar-refractivity contribution in [3.8, 4) is 16.9 Å². The Balaban J connectivity index is 1.03. The number of hydrazine groups is 1. The van der Waals surface area contributed by atoms with Crippen LogP contribution >= 0.6 is 0 Å². The number of carbonyl (C=O) groups is 3. The minimum atomic E-state index is -4.73. The van der Waals surface area contributed by atoms with Crippen LogP contribution in [-0.2, 0) is 25.8 Å². The van der Waals surface area contributed by atoms with Crippen molar-refractivity contribution in [2.75, 3.05) is 19.8 Å². The lowest BCUT2D eigenvalue weighted by Crippen LogP contribution is -2.56. The van der Waals surface area contributed by atoms with Gasteiger partial charge in [-0.2, -0.15) is 18.3 Å². The first-order valence-electron chi connectivity index (χ1n) is 14.3. The first-order valence-corrected chi connectivity index (χ1v) is 15.8. The van der Waals surface area contributed by atoms with Crippen LogP contribution in [0, 0.1) is 12.1 Å². The summed E-state index contributed by atoms with van der Waals surface area (Å²) in [5.74, 6) is -1.21. The number of hydrogen-bond acceptors (Lipinski definition) is 10. The van der Waals surface area contributed by atoms with Crippen LogP contribution in [0.15, 0.2) is 89.0 Å². The Morgan fingerprint density at radius 1 is 1.02 bits per heavy atom. The molecule has 0 spiro atoms. The minimum Gasteiger partial charge on any atom is -0.569 e. The smallest absolute Gasteiger partial charge is 0.435 e. The van der Waals surface area contributed by atoms with Crippen molar-refractivity contribution in [2.24, 2.45) is 5.28 Å². The molecule has 1 saturated heterocycles. The van der Waals surface area contributed by atoms with Crippen LogP contribution in [-0.4, -0.2) is 76.9 Å². The molecule has 254 valence electrons. The summed E-state index contributed by atoms with van der Waals surface area (Å²) in [5.41, 5.74) is 0.849. The highest BCUT2D eigenvalue weighted by molar-refractivity contribution is 7.90. The van der Waals surface area contributed by atoms with E-state index in [1.807, 2.05) is 6.92 Å². The van der Waals surface area contributed by atoms with E-state index in [2.05, 4.69) is 10.4 Å². The van der Waals surface area contributed by atoms with Crippen LogP contribution in [0.5, 0.6) is 0 Å². The monoisotopic (exact) mass is 699 g/mol. The molecule has 2 aliphatic heterocycles. The number of imide groups is 1. The van der Waals surface area contributed by atoms with Gasteiger partial charge in [-0.1, -0.05) is 42.0 Å². The number of nitrogens with one attached hydrogen (secondary N) is 1. The molecule has 3 amide bonds. The van der Waals surface area contributed by atoms with Crippen molar-refractivity contribution in [3.63, 3.8) is 0 Å². The molecule has 3 aromatic carbocycles. The number of fused-ring (bicyclic) bond motifs is 1. The molecule has 1 fully saturated rings. The molecule has 0 unspecified atom stereocenters. The summed E-state index contributed by atoms with van der Waals surface area (Å²) in [4.78, 5) is 42.3. The van der Waals surface area contributed by atoms with Crippen molar-refractivity contribution >= 4 is 27.9 Å². The number of halogens is 3. The third-order valence-corrected chi connectivity index (χ3v) is 8.82. The zero-order valence-electron chi connectivity index (χ0n) is 25.2. The molecular weight excluding hydrogens is 675 g/mol. The molecule has 1 N–H and O–H groups in total. The number of benzene rings is 3. The highest BCUT2D eigenvalue weighted by Gasteiger charge is 2.39. The van der Waals surface area contributed by atoms with Gasteiger partial charge in [-0.25, -0.2) is 27.5 Å². The number of nitrogens with zero attached hydrogens (tertiary/aromatic N) is 6. The van der Waals surface area contributed by atoms with Gasteiger partial charge in [0.05, 0.1) is 32.4 Å².